The highest BCUT2D eigenvalue weighted by Crippen LogP contribution is 2.21. The average molecular weight is 375 g/mol. The van der Waals surface area contributed by atoms with Crippen molar-refractivity contribution in [3.8, 4) is 5.75 Å². The highest BCUT2D eigenvalue weighted by Gasteiger charge is 2.15. The van der Waals surface area contributed by atoms with Crippen LogP contribution in [0.25, 0.3) is 0 Å². The van der Waals surface area contributed by atoms with E-state index in [0.29, 0.717) is 17.0 Å². The quantitative estimate of drug-likeness (QED) is 0.628. The molecule has 5 heteroatoms. The summed E-state index contributed by atoms with van der Waals surface area (Å²) in [5.74, 6) is -0.0579. The van der Waals surface area contributed by atoms with Gasteiger partial charge in [0.1, 0.15) is 12.4 Å². The first kappa shape index (κ1) is 19.2. The van der Waals surface area contributed by atoms with E-state index in [1.54, 1.807) is 37.4 Å². The number of nitrogens with one attached hydrogen (secondary N) is 1. The predicted octanol–water partition coefficient (Wildman–Crippen LogP) is 4.23. The van der Waals surface area contributed by atoms with Gasteiger partial charge in [-0.05, 0) is 23.8 Å². The van der Waals surface area contributed by atoms with Crippen molar-refractivity contribution in [2.24, 2.45) is 0 Å². The molecule has 0 saturated carbocycles. The van der Waals surface area contributed by atoms with E-state index in [0.717, 1.165) is 11.1 Å². The highest BCUT2D eigenvalue weighted by molar-refractivity contribution is 6.01. The second-order valence-corrected chi connectivity index (χ2v) is 6.14. The molecule has 0 aliphatic carbocycles. The first-order chi connectivity index (χ1) is 13.7. The third-order valence-electron chi connectivity index (χ3n) is 4.18. The number of esters is 1. The lowest BCUT2D eigenvalue weighted by atomic mass is 10.1. The molecular weight excluding hydrogens is 354 g/mol. The summed E-state index contributed by atoms with van der Waals surface area (Å²) < 4.78 is 10.7. The lowest BCUT2D eigenvalue weighted by molar-refractivity contribution is -0.115. The Morgan fingerprint density at radius 1 is 0.857 bits per heavy atom. The van der Waals surface area contributed by atoms with Crippen molar-refractivity contribution < 1.29 is 19.1 Å². The Hall–Kier alpha value is -3.60. The Labute approximate surface area is 163 Å². The fourth-order valence-corrected chi connectivity index (χ4v) is 2.79. The van der Waals surface area contributed by atoms with Crippen molar-refractivity contribution in [1.29, 1.82) is 0 Å². The molecule has 0 atom stereocenters. The zero-order chi connectivity index (χ0) is 19.8. The van der Waals surface area contributed by atoms with Crippen molar-refractivity contribution in [1.82, 2.24) is 0 Å². The monoisotopic (exact) mass is 375 g/mol. The van der Waals surface area contributed by atoms with Gasteiger partial charge in [0.2, 0.25) is 5.91 Å². The molecule has 5 nitrogen and oxygen atoms in total. The number of para-hydroxylation sites is 2. The van der Waals surface area contributed by atoms with Gasteiger partial charge >= 0.3 is 5.97 Å². The standard InChI is InChI=1S/C23H21NO4/c1-27-21-14-8-5-11-18(21)16-28-23(26)19-12-6-7-13-20(19)24-22(25)15-17-9-3-2-4-10-17/h2-14H,15-16H2,1H3,(H,24,25). The molecule has 3 aromatic carbocycles. The second-order valence-electron chi connectivity index (χ2n) is 6.14. The molecule has 142 valence electrons. The molecule has 28 heavy (non-hydrogen) atoms. The third kappa shape index (κ3) is 4.98. The molecule has 0 fully saturated rings. The first-order valence-electron chi connectivity index (χ1n) is 8.89. The van der Waals surface area contributed by atoms with Crippen molar-refractivity contribution >= 4 is 17.6 Å². The number of benzene rings is 3. The Kier molecular flexibility index (Phi) is 6.41. The molecule has 0 spiro atoms. The average Bonchev–Trinajstić information content (AvgIpc) is 2.73. The molecular formula is C23H21NO4. The van der Waals surface area contributed by atoms with Crippen LogP contribution in [0.5, 0.6) is 5.75 Å². The van der Waals surface area contributed by atoms with E-state index in [4.69, 9.17) is 9.47 Å². The van der Waals surface area contributed by atoms with Crippen LogP contribution in [0.4, 0.5) is 5.69 Å². The van der Waals surface area contributed by atoms with Crippen molar-refractivity contribution in [3.05, 3.63) is 95.6 Å². The summed E-state index contributed by atoms with van der Waals surface area (Å²) in [4.78, 5) is 24.9. The van der Waals surface area contributed by atoms with Gasteiger partial charge in [-0.25, -0.2) is 4.79 Å². The predicted molar refractivity (Wildman–Crippen MR) is 107 cm³/mol. The van der Waals surface area contributed by atoms with Crippen LogP contribution in [0.15, 0.2) is 78.9 Å². The third-order valence-corrected chi connectivity index (χ3v) is 4.18. The van der Waals surface area contributed by atoms with Gasteiger partial charge in [-0.1, -0.05) is 60.7 Å². The lowest BCUT2D eigenvalue weighted by Crippen LogP contribution is -2.17. The summed E-state index contributed by atoms with van der Waals surface area (Å²) in [6.45, 7) is 0.0785. The molecule has 0 bridgehead atoms. The molecule has 1 amide bonds. The van der Waals surface area contributed by atoms with Crippen LogP contribution in [0.3, 0.4) is 0 Å². The molecule has 0 aromatic heterocycles. The molecule has 1 N–H and O–H groups in total. The van der Waals surface area contributed by atoms with Gasteiger partial charge in [0.15, 0.2) is 0 Å². The minimum Gasteiger partial charge on any atom is -0.496 e. The molecule has 0 unspecified atom stereocenters. The lowest BCUT2D eigenvalue weighted by Gasteiger charge is -2.12. The minimum absolute atomic E-state index is 0.0785. The number of hydrogen-bond donors (Lipinski definition) is 1. The van der Waals surface area contributed by atoms with E-state index in [1.807, 2.05) is 48.5 Å². The van der Waals surface area contributed by atoms with Crippen molar-refractivity contribution in [2.75, 3.05) is 12.4 Å². The molecule has 3 aromatic rings. The molecule has 3 rings (SSSR count). The van der Waals surface area contributed by atoms with Gasteiger partial charge in [-0.15, -0.1) is 0 Å². The number of rotatable bonds is 7. The van der Waals surface area contributed by atoms with Crippen LogP contribution in [-0.4, -0.2) is 19.0 Å². The number of carbonyl (C=O) groups is 2. The van der Waals surface area contributed by atoms with Crippen LogP contribution in [0.2, 0.25) is 0 Å². The summed E-state index contributed by atoms with van der Waals surface area (Å²) in [5, 5.41) is 2.80. The molecule has 0 saturated heterocycles. The van der Waals surface area contributed by atoms with Crippen LogP contribution < -0.4 is 10.1 Å². The van der Waals surface area contributed by atoms with E-state index in [1.165, 1.54) is 0 Å². The topological polar surface area (TPSA) is 64.6 Å². The summed E-state index contributed by atoms with van der Waals surface area (Å²) >= 11 is 0. The summed E-state index contributed by atoms with van der Waals surface area (Å²) in [6.07, 6.45) is 0.228. The fraction of sp³-hybridized carbons (Fsp3) is 0.130. The number of carbonyl (C=O) groups excluding carboxylic acids is 2. The fourth-order valence-electron chi connectivity index (χ4n) is 2.79. The molecule has 0 heterocycles. The SMILES string of the molecule is COc1ccccc1COC(=O)c1ccccc1NC(=O)Cc1ccccc1. The number of amides is 1. The smallest absolute Gasteiger partial charge is 0.340 e. The normalized spacial score (nSPS) is 10.2. The Morgan fingerprint density at radius 3 is 2.32 bits per heavy atom. The molecule has 0 aliphatic heterocycles. The van der Waals surface area contributed by atoms with E-state index >= 15 is 0 Å². The van der Waals surface area contributed by atoms with Gasteiger partial charge in [0.05, 0.1) is 24.8 Å². The van der Waals surface area contributed by atoms with Gasteiger partial charge in [0.25, 0.3) is 0 Å². The zero-order valence-corrected chi connectivity index (χ0v) is 15.6. The Bertz CT molecular complexity index is 954. The molecule has 0 radical (unpaired) electrons. The van der Waals surface area contributed by atoms with Crippen LogP contribution >= 0.6 is 0 Å². The van der Waals surface area contributed by atoms with E-state index < -0.39 is 5.97 Å². The van der Waals surface area contributed by atoms with Crippen LogP contribution in [0.1, 0.15) is 21.5 Å². The maximum atomic E-state index is 12.6. The number of hydrogen-bond acceptors (Lipinski definition) is 4. The van der Waals surface area contributed by atoms with Crippen molar-refractivity contribution in [3.63, 3.8) is 0 Å². The summed E-state index contributed by atoms with van der Waals surface area (Å²) in [6, 6.07) is 23.6. The number of anilines is 1. The summed E-state index contributed by atoms with van der Waals surface area (Å²) in [5.41, 5.74) is 2.40. The zero-order valence-electron chi connectivity index (χ0n) is 15.6. The van der Waals surface area contributed by atoms with E-state index in [-0.39, 0.29) is 18.9 Å². The van der Waals surface area contributed by atoms with Gasteiger partial charge in [-0.3, -0.25) is 4.79 Å². The highest BCUT2D eigenvalue weighted by atomic mass is 16.5. The Balaban J connectivity index is 1.67. The van der Waals surface area contributed by atoms with E-state index in [9.17, 15) is 9.59 Å². The van der Waals surface area contributed by atoms with Gasteiger partial charge in [-0.2, -0.15) is 0 Å². The Morgan fingerprint density at radius 2 is 1.54 bits per heavy atom. The van der Waals surface area contributed by atoms with Crippen molar-refractivity contribution in [2.45, 2.75) is 13.0 Å². The summed E-state index contributed by atoms with van der Waals surface area (Å²) in [7, 11) is 1.57. The van der Waals surface area contributed by atoms with Gasteiger partial charge in [0, 0.05) is 5.56 Å². The van der Waals surface area contributed by atoms with E-state index in [2.05, 4.69) is 5.32 Å². The largest absolute Gasteiger partial charge is 0.496 e. The van der Waals surface area contributed by atoms with Crippen LogP contribution in [0, 0.1) is 0 Å². The number of methoxy groups -OCH3 is 1. The maximum absolute atomic E-state index is 12.6. The number of ether oxygens (including phenoxy) is 2. The minimum atomic E-state index is -0.512. The second kappa shape index (κ2) is 9.37. The van der Waals surface area contributed by atoms with Crippen LogP contribution in [-0.2, 0) is 22.6 Å². The first-order valence-corrected chi connectivity index (χ1v) is 8.89. The maximum Gasteiger partial charge on any atom is 0.340 e. The molecule has 0 aliphatic rings. The van der Waals surface area contributed by atoms with Gasteiger partial charge < -0.3 is 14.8 Å².